The van der Waals surface area contributed by atoms with Gasteiger partial charge in [-0.15, -0.1) is 0 Å². The molecule has 0 unspecified atom stereocenters. The van der Waals surface area contributed by atoms with Gasteiger partial charge < -0.3 is 9.88 Å². The summed E-state index contributed by atoms with van der Waals surface area (Å²) in [5, 5.41) is 1.37. The first-order chi connectivity index (χ1) is 10.3. The van der Waals surface area contributed by atoms with E-state index in [0.29, 0.717) is 12.0 Å². The molecule has 0 amide bonds. The molecular weight excluding hydrogens is 260 g/mol. The Morgan fingerprint density at radius 3 is 3.05 bits per heavy atom. The first-order valence-corrected chi connectivity index (χ1v) is 7.84. The molecule has 3 heteroatoms. The molecule has 0 radical (unpaired) electrons. The Labute approximate surface area is 124 Å². The zero-order valence-electron chi connectivity index (χ0n) is 12.3. The second-order valence-corrected chi connectivity index (χ2v) is 6.15. The predicted octanol–water partition coefficient (Wildman–Crippen LogP) is 3.58. The van der Waals surface area contributed by atoms with Gasteiger partial charge in [0, 0.05) is 34.9 Å². The number of benzene rings is 1. The summed E-state index contributed by atoms with van der Waals surface area (Å²) in [6.45, 7) is 3.18. The third kappa shape index (κ3) is 1.84. The lowest BCUT2D eigenvalue weighted by Gasteiger charge is -2.41. The van der Waals surface area contributed by atoms with Crippen LogP contribution in [0.15, 0.2) is 36.0 Å². The number of hydrogen-bond acceptors (Lipinski definition) is 2. The van der Waals surface area contributed by atoms with Crippen LogP contribution in [-0.4, -0.2) is 22.7 Å². The minimum Gasteiger partial charge on any atom is -0.368 e. The molecule has 2 aliphatic rings. The number of H-pyrrole nitrogens is 1. The van der Waals surface area contributed by atoms with Crippen LogP contribution in [-0.2, 0) is 11.2 Å². The van der Waals surface area contributed by atoms with Crippen molar-refractivity contribution in [3.63, 3.8) is 0 Å². The molecule has 0 bridgehead atoms. The van der Waals surface area contributed by atoms with Gasteiger partial charge >= 0.3 is 0 Å². The van der Waals surface area contributed by atoms with E-state index in [0.717, 1.165) is 37.7 Å². The highest BCUT2D eigenvalue weighted by Gasteiger charge is 2.34. The second-order valence-electron chi connectivity index (χ2n) is 6.15. The second kappa shape index (κ2) is 4.76. The topological polar surface area (TPSA) is 36.1 Å². The van der Waals surface area contributed by atoms with Gasteiger partial charge in [-0.25, -0.2) is 0 Å². The van der Waals surface area contributed by atoms with E-state index in [1.165, 1.54) is 22.2 Å². The zero-order valence-corrected chi connectivity index (χ0v) is 12.3. The van der Waals surface area contributed by atoms with Crippen molar-refractivity contribution in [3.8, 4) is 0 Å². The average molecular weight is 280 g/mol. The van der Waals surface area contributed by atoms with Crippen LogP contribution in [0.3, 0.4) is 0 Å². The standard InChI is InChI=1S/C18H20N2O/c1-2-12-9-17-18-15(7-8-20(17)10-13(12)11-21)14-5-3-4-6-16(14)19-18/h3-6,10-12,17,19H,2,7-9H2,1H3/t12-,17+/m1/s1. The molecule has 1 aromatic carbocycles. The highest BCUT2D eigenvalue weighted by Crippen LogP contribution is 2.42. The highest BCUT2D eigenvalue weighted by molar-refractivity contribution is 5.85. The quantitative estimate of drug-likeness (QED) is 0.854. The number of aromatic nitrogens is 1. The van der Waals surface area contributed by atoms with Crippen LogP contribution < -0.4 is 0 Å². The molecule has 0 saturated carbocycles. The number of aromatic amines is 1. The lowest BCUT2D eigenvalue weighted by Crippen LogP contribution is -2.36. The maximum absolute atomic E-state index is 11.3. The molecule has 1 aromatic heterocycles. The lowest BCUT2D eigenvalue weighted by atomic mass is 9.83. The van der Waals surface area contributed by atoms with Crippen molar-refractivity contribution in [2.45, 2.75) is 32.2 Å². The third-order valence-corrected chi connectivity index (χ3v) is 5.12. The summed E-state index contributed by atoms with van der Waals surface area (Å²) in [5.41, 5.74) is 5.04. The van der Waals surface area contributed by atoms with Crippen LogP contribution >= 0.6 is 0 Å². The number of carbonyl (C=O) groups excluding carboxylic acids is 1. The Bertz CT molecular complexity index is 728. The molecule has 3 heterocycles. The summed E-state index contributed by atoms with van der Waals surface area (Å²) in [6.07, 6.45) is 6.27. The SMILES string of the molecule is CC[C@@H]1C[C@H]2c3[nH]c4ccccc4c3CCN2C=C1C=O. The molecule has 3 nitrogen and oxygen atoms in total. The minimum absolute atomic E-state index is 0.390. The first-order valence-electron chi connectivity index (χ1n) is 7.84. The van der Waals surface area contributed by atoms with Gasteiger partial charge in [-0.3, -0.25) is 4.79 Å². The lowest BCUT2D eigenvalue weighted by molar-refractivity contribution is -0.105. The number of nitrogens with one attached hydrogen (secondary N) is 1. The number of allylic oxidation sites excluding steroid dienone is 1. The number of para-hydroxylation sites is 1. The summed E-state index contributed by atoms with van der Waals surface area (Å²) < 4.78 is 0. The Morgan fingerprint density at radius 1 is 1.38 bits per heavy atom. The molecule has 0 saturated heterocycles. The van der Waals surface area contributed by atoms with Gasteiger partial charge in [-0.05, 0) is 36.8 Å². The number of aldehydes is 1. The van der Waals surface area contributed by atoms with E-state index >= 15 is 0 Å². The molecule has 0 spiro atoms. The van der Waals surface area contributed by atoms with E-state index in [4.69, 9.17) is 0 Å². The summed E-state index contributed by atoms with van der Waals surface area (Å²) in [4.78, 5) is 17.3. The maximum atomic E-state index is 11.3. The predicted molar refractivity (Wildman–Crippen MR) is 84.0 cm³/mol. The monoisotopic (exact) mass is 280 g/mol. The number of rotatable bonds is 2. The molecule has 2 atom stereocenters. The van der Waals surface area contributed by atoms with Gasteiger partial charge in [0.05, 0.1) is 6.04 Å². The van der Waals surface area contributed by atoms with Crippen molar-refractivity contribution in [2.24, 2.45) is 5.92 Å². The Hall–Kier alpha value is -2.03. The smallest absolute Gasteiger partial charge is 0.147 e. The van der Waals surface area contributed by atoms with Gasteiger partial charge in [0.2, 0.25) is 0 Å². The molecule has 1 N–H and O–H groups in total. The fraction of sp³-hybridized carbons (Fsp3) is 0.389. The van der Waals surface area contributed by atoms with E-state index in [-0.39, 0.29) is 0 Å². The van der Waals surface area contributed by atoms with E-state index in [9.17, 15) is 4.79 Å². The molecule has 21 heavy (non-hydrogen) atoms. The minimum atomic E-state index is 0.390. The highest BCUT2D eigenvalue weighted by atomic mass is 16.1. The average Bonchev–Trinajstić information content (AvgIpc) is 2.92. The summed E-state index contributed by atoms with van der Waals surface area (Å²) in [5.74, 6) is 0.390. The van der Waals surface area contributed by atoms with Crippen LogP contribution in [0.1, 0.15) is 37.1 Å². The number of hydrogen-bond donors (Lipinski definition) is 1. The van der Waals surface area contributed by atoms with Crippen molar-refractivity contribution in [3.05, 3.63) is 47.3 Å². The zero-order chi connectivity index (χ0) is 14.4. The van der Waals surface area contributed by atoms with Crippen LogP contribution in [0.25, 0.3) is 10.9 Å². The normalized spacial score (nSPS) is 24.4. The first kappa shape index (κ1) is 12.7. The number of nitrogens with zero attached hydrogens (tertiary/aromatic N) is 1. The largest absolute Gasteiger partial charge is 0.368 e. The van der Waals surface area contributed by atoms with E-state index in [1.807, 2.05) is 0 Å². The van der Waals surface area contributed by atoms with Gasteiger partial charge in [0.1, 0.15) is 6.29 Å². The molecule has 108 valence electrons. The Kier molecular flexibility index (Phi) is 2.88. The molecular formula is C18H20N2O. The van der Waals surface area contributed by atoms with Crippen LogP contribution in [0.5, 0.6) is 0 Å². The fourth-order valence-corrected chi connectivity index (χ4v) is 3.98. The van der Waals surface area contributed by atoms with E-state index in [1.54, 1.807) is 0 Å². The Morgan fingerprint density at radius 2 is 2.24 bits per heavy atom. The van der Waals surface area contributed by atoms with Crippen molar-refractivity contribution in [1.82, 2.24) is 9.88 Å². The summed E-state index contributed by atoms with van der Waals surface area (Å²) in [6, 6.07) is 8.97. The molecule has 0 aliphatic carbocycles. The third-order valence-electron chi connectivity index (χ3n) is 5.12. The number of carbonyl (C=O) groups is 1. The van der Waals surface area contributed by atoms with Gasteiger partial charge in [0.15, 0.2) is 0 Å². The van der Waals surface area contributed by atoms with Crippen molar-refractivity contribution in [2.75, 3.05) is 6.54 Å². The summed E-state index contributed by atoms with van der Waals surface area (Å²) >= 11 is 0. The van der Waals surface area contributed by atoms with Crippen molar-refractivity contribution < 1.29 is 4.79 Å². The van der Waals surface area contributed by atoms with Gasteiger partial charge in [-0.2, -0.15) is 0 Å². The van der Waals surface area contributed by atoms with Gasteiger partial charge in [-0.1, -0.05) is 25.1 Å². The fourth-order valence-electron chi connectivity index (χ4n) is 3.98. The van der Waals surface area contributed by atoms with Crippen molar-refractivity contribution in [1.29, 1.82) is 0 Å². The number of fused-ring (bicyclic) bond motifs is 5. The van der Waals surface area contributed by atoms with Crippen LogP contribution in [0.2, 0.25) is 0 Å². The van der Waals surface area contributed by atoms with E-state index in [2.05, 4.69) is 47.3 Å². The van der Waals surface area contributed by atoms with E-state index < -0.39 is 0 Å². The Balaban J connectivity index is 1.82. The van der Waals surface area contributed by atoms with Crippen LogP contribution in [0, 0.1) is 5.92 Å². The molecule has 4 rings (SSSR count). The molecule has 2 aliphatic heterocycles. The molecule has 0 fully saturated rings. The summed E-state index contributed by atoms with van der Waals surface area (Å²) in [7, 11) is 0. The molecule has 2 aromatic rings. The van der Waals surface area contributed by atoms with Gasteiger partial charge in [0.25, 0.3) is 0 Å². The van der Waals surface area contributed by atoms with Crippen LogP contribution in [0.4, 0.5) is 0 Å². The van der Waals surface area contributed by atoms with Crippen molar-refractivity contribution >= 4 is 17.2 Å². The maximum Gasteiger partial charge on any atom is 0.147 e.